The second kappa shape index (κ2) is 9.29. The highest BCUT2D eigenvalue weighted by Gasteiger charge is 2.09. The van der Waals surface area contributed by atoms with Crippen LogP contribution in [-0.2, 0) is 4.79 Å². The lowest BCUT2D eigenvalue weighted by Crippen LogP contribution is -2.20. The first-order valence-corrected chi connectivity index (χ1v) is 8.93. The average Bonchev–Trinajstić information content (AvgIpc) is 2.73. The summed E-state index contributed by atoms with van der Waals surface area (Å²) in [6.07, 6.45) is 0. The maximum Gasteiger partial charge on any atom is 0.262 e. The Morgan fingerprint density at radius 3 is 2.48 bits per heavy atom. The van der Waals surface area contributed by atoms with Gasteiger partial charge in [0.2, 0.25) is 0 Å². The third-order valence-electron chi connectivity index (χ3n) is 4.01. The van der Waals surface area contributed by atoms with Crippen LogP contribution in [0.1, 0.15) is 11.1 Å². The van der Waals surface area contributed by atoms with Crippen molar-refractivity contribution in [1.82, 2.24) is 0 Å². The number of carbonyl (C=O) groups excluding carboxylic acids is 1. The van der Waals surface area contributed by atoms with Crippen molar-refractivity contribution in [3.63, 3.8) is 0 Å². The topological polar surface area (TPSA) is 80.6 Å². The van der Waals surface area contributed by atoms with Gasteiger partial charge in [-0.3, -0.25) is 4.79 Å². The molecule has 1 amide bonds. The van der Waals surface area contributed by atoms with Crippen molar-refractivity contribution < 1.29 is 19.0 Å². The molecule has 0 unspecified atom stereocenters. The van der Waals surface area contributed by atoms with Crippen LogP contribution in [0.5, 0.6) is 23.0 Å². The molecule has 0 saturated carbocycles. The monoisotopic (exact) mass is 388 g/mol. The summed E-state index contributed by atoms with van der Waals surface area (Å²) in [5, 5.41) is 11.7. The number of nitriles is 1. The lowest BCUT2D eigenvalue weighted by Gasteiger charge is -2.11. The minimum atomic E-state index is -0.316. The van der Waals surface area contributed by atoms with Crippen LogP contribution in [0.3, 0.4) is 0 Å². The van der Waals surface area contributed by atoms with Gasteiger partial charge >= 0.3 is 0 Å². The minimum absolute atomic E-state index is 0.191. The highest BCUT2D eigenvalue weighted by atomic mass is 16.5. The number of hydrogen-bond acceptors (Lipinski definition) is 5. The van der Waals surface area contributed by atoms with E-state index in [0.717, 1.165) is 11.3 Å². The summed E-state index contributed by atoms with van der Waals surface area (Å²) < 4.78 is 16.5. The summed E-state index contributed by atoms with van der Waals surface area (Å²) in [6.45, 7) is 1.81. The Morgan fingerprint density at radius 1 is 1.00 bits per heavy atom. The first kappa shape index (κ1) is 19.8. The summed E-state index contributed by atoms with van der Waals surface area (Å²) >= 11 is 0. The molecular formula is C23H20N2O4. The molecule has 0 aliphatic heterocycles. The van der Waals surface area contributed by atoms with Crippen LogP contribution >= 0.6 is 0 Å². The first-order valence-electron chi connectivity index (χ1n) is 8.93. The standard InChI is InChI=1S/C23H20N2O4/c1-16-4-3-5-20(12-16)29-19-9-7-18(8-10-19)25-23(26)15-28-21-11-6-17(14-24)13-22(21)27-2/h3-13H,15H2,1-2H3,(H,25,26). The van der Waals surface area contributed by atoms with E-state index in [2.05, 4.69) is 5.32 Å². The van der Waals surface area contributed by atoms with Crippen molar-refractivity contribution in [2.24, 2.45) is 0 Å². The molecule has 0 heterocycles. The molecule has 0 aliphatic rings. The molecule has 0 fully saturated rings. The molecule has 0 atom stereocenters. The molecular weight excluding hydrogens is 368 g/mol. The maximum atomic E-state index is 12.2. The molecule has 0 spiro atoms. The number of rotatable bonds is 7. The van der Waals surface area contributed by atoms with Gasteiger partial charge in [-0.15, -0.1) is 0 Å². The van der Waals surface area contributed by atoms with Gasteiger partial charge in [0.1, 0.15) is 11.5 Å². The Hall–Kier alpha value is -3.98. The number of benzene rings is 3. The summed E-state index contributed by atoms with van der Waals surface area (Å²) in [4.78, 5) is 12.2. The molecule has 146 valence electrons. The van der Waals surface area contributed by atoms with E-state index >= 15 is 0 Å². The zero-order valence-corrected chi connectivity index (χ0v) is 16.1. The zero-order valence-electron chi connectivity index (χ0n) is 16.1. The van der Waals surface area contributed by atoms with Crippen molar-refractivity contribution in [3.05, 3.63) is 77.9 Å². The SMILES string of the molecule is COc1cc(C#N)ccc1OCC(=O)Nc1ccc(Oc2cccc(C)c2)cc1. The number of anilines is 1. The van der Waals surface area contributed by atoms with Crippen LogP contribution in [0.4, 0.5) is 5.69 Å². The van der Waals surface area contributed by atoms with Gasteiger partial charge in [0.25, 0.3) is 5.91 Å². The molecule has 1 N–H and O–H groups in total. The molecule has 3 aromatic rings. The number of nitrogens with one attached hydrogen (secondary N) is 1. The molecule has 3 aromatic carbocycles. The van der Waals surface area contributed by atoms with Crippen molar-refractivity contribution in [3.8, 4) is 29.1 Å². The predicted molar refractivity (Wildman–Crippen MR) is 110 cm³/mol. The van der Waals surface area contributed by atoms with E-state index in [-0.39, 0.29) is 12.5 Å². The van der Waals surface area contributed by atoms with Gasteiger partial charge < -0.3 is 19.5 Å². The van der Waals surface area contributed by atoms with Crippen LogP contribution < -0.4 is 19.5 Å². The normalized spacial score (nSPS) is 9.97. The van der Waals surface area contributed by atoms with Crippen LogP contribution in [0.25, 0.3) is 0 Å². The van der Waals surface area contributed by atoms with E-state index in [9.17, 15) is 4.79 Å². The summed E-state index contributed by atoms with van der Waals surface area (Å²) in [7, 11) is 1.48. The second-order valence-electron chi connectivity index (χ2n) is 6.26. The van der Waals surface area contributed by atoms with Crippen LogP contribution in [0, 0.1) is 18.3 Å². The van der Waals surface area contributed by atoms with Crippen molar-refractivity contribution in [2.45, 2.75) is 6.92 Å². The number of ether oxygens (including phenoxy) is 3. The Labute approximate surface area is 169 Å². The number of nitrogens with zero attached hydrogens (tertiary/aromatic N) is 1. The third kappa shape index (κ3) is 5.50. The van der Waals surface area contributed by atoms with Crippen molar-refractivity contribution in [2.75, 3.05) is 19.0 Å². The number of amides is 1. The van der Waals surface area contributed by atoms with E-state index in [1.807, 2.05) is 37.3 Å². The van der Waals surface area contributed by atoms with Crippen LogP contribution in [0.2, 0.25) is 0 Å². The van der Waals surface area contributed by atoms with Gasteiger partial charge in [0.15, 0.2) is 18.1 Å². The molecule has 29 heavy (non-hydrogen) atoms. The van der Waals surface area contributed by atoms with Crippen molar-refractivity contribution in [1.29, 1.82) is 5.26 Å². The largest absolute Gasteiger partial charge is 0.493 e. The lowest BCUT2D eigenvalue weighted by atomic mass is 10.2. The molecule has 0 aromatic heterocycles. The van der Waals surface area contributed by atoms with Gasteiger partial charge in [-0.05, 0) is 61.0 Å². The number of methoxy groups -OCH3 is 1. The smallest absolute Gasteiger partial charge is 0.262 e. The zero-order chi connectivity index (χ0) is 20.6. The molecule has 0 bridgehead atoms. The quantitative estimate of drug-likeness (QED) is 0.635. The number of carbonyl (C=O) groups is 1. The van der Waals surface area contributed by atoms with Gasteiger partial charge in [-0.2, -0.15) is 5.26 Å². The number of hydrogen-bond donors (Lipinski definition) is 1. The molecule has 0 aliphatic carbocycles. The third-order valence-corrected chi connectivity index (χ3v) is 4.01. The second-order valence-corrected chi connectivity index (χ2v) is 6.26. The Kier molecular flexibility index (Phi) is 6.33. The highest BCUT2D eigenvalue weighted by Crippen LogP contribution is 2.28. The fourth-order valence-corrected chi connectivity index (χ4v) is 2.62. The Morgan fingerprint density at radius 2 is 1.79 bits per heavy atom. The van der Waals surface area contributed by atoms with E-state index < -0.39 is 0 Å². The van der Waals surface area contributed by atoms with Gasteiger partial charge in [-0.25, -0.2) is 0 Å². The van der Waals surface area contributed by atoms with Gasteiger partial charge in [0, 0.05) is 11.8 Å². The Bertz CT molecular complexity index is 1040. The van der Waals surface area contributed by atoms with E-state index in [1.54, 1.807) is 42.5 Å². The predicted octanol–water partition coefficient (Wildman–Crippen LogP) is 4.69. The van der Waals surface area contributed by atoms with E-state index in [1.165, 1.54) is 7.11 Å². The van der Waals surface area contributed by atoms with E-state index in [4.69, 9.17) is 19.5 Å². The van der Waals surface area contributed by atoms with Crippen LogP contribution in [0.15, 0.2) is 66.7 Å². The van der Waals surface area contributed by atoms with E-state index in [0.29, 0.717) is 28.5 Å². The average molecular weight is 388 g/mol. The number of aryl methyl sites for hydroxylation is 1. The summed E-state index contributed by atoms with van der Waals surface area (Å²) in [5.74, 6) is 1.90. The molecule has 6 heteroatoms. The summed E-state index contributed by atoms with van der Waals surface area (Å²) in [6, 6.07) is 21.6. The molecule has 3 rings (SSSR count). The minimum Gasteiger partial charge on any atom is -0.493 e. The van der Waals surface area contributed by atoms with Crippen LogP contribution in [-0.4, -0.2) is 19.6 Å². The lowest BCUT2D eigenvalue weighted by molar-refractivity contribution is -0.118. The maximum absolute atomic E-state index is 12.2. The van der Waals surface area contributed by atoms with Gasteiger partial charge in [-0.1, -0.05) is 12.1 Å². The first-order chi connectivity index (χ1) is 14.1. The van der Waals surface area contributed by atoms with Crippen molar-refractivity contribution >= 4 is 11.6 Å². The molecule has 0 saturated heterocycles. The highest BCUT2D eigenvalue weighted by molar-refractivity contribution is 5.91. The molecule has 6 nitrogen and oxygen atoms in total. The summed E-state index contributed by atoms with van der Waals surface area (Å²) in [5.41, 5.74) is 2.19. The fourth-order valence-electron chi connectivity index (χ4n) is 2.62. The molecule has 0 radical (unpaired) electrons. The van der Waals surface area contributed by atoms with Gasteiger partial charge in [0.05, 0.1) is 18.7 Å². The fraction of sp³-hybridized carbons (Fsp3) is 0.130. The Balaban J connectivity index is 1.55.